The standard InChI is InChI=1S/C16H10ClF3N2O4/c17-11-10(9-2-1-3-22(9)13(11)14(23)16(25)26)15(24)21-6-4-7(18)12(20)8(19)5-6/h4-5H,1-3H2,(H,21,24)(H,25,26). The number of hydrogen-bond acceptors (Lipinski definition) is 3. The van der Waals surface area contributed by atoms with Crippen LogP contribution in [0.25, 0.3) is 0 Å². The molecule has 1 aromatic carbocycles. The zero-order valence-electron chi connectivity index (χ0n) is 12.9. The maximum Gasteiger partial charge on any atom is 0.378 e. The number of fused-ring (bicyclic) bond motifs is 1. The molecule has 0 saturated carbocycles. The van der Waals surface area contributed by atoms with E-state index in [2.05, 4.69) is 5.32 Å². The monoisotopic (exact) mass is 386 g/mol. The summed E-state index contributed by atoms with van der Waals surface area (Å²) in [4.78, 5) is 35.4. The average Bonchev–Trinajstić information content (AvgIpc) is 3.11. The van der Waals surface area contributed by atoms with Gasteiger partial charge in [0.15, 0.2) is 17.5 Å². The maximum absolute atomic E-state index is 13.3. The normalized spacial score (nSPS) is 12.8. The first-order valence-electron chi connectivity index (χ1n) is 7.36. The number of aliphatic carboxylic acids is 1. The Kier molecular flexibility index (Phi) is 4.49. The lowest BCUT2D eigenvalue weighted by Gasteiger charge is -2.07. The first-order chi connectivity index (χ1) is 12.2. The van der Waals surface area contributed by atoms with Gasteiger partial charge in [0.1, 0.15) is 5.69 Å². The van der Waals surface area contributed by atoms with Gasteiger partial charge in [-0.1, -0.05) is 11.6 Å². The van der Waals surface area contributed by atoms with E-state index in [1.807, 2.05) is 0 Å². The minimum absolute atomic E-state index is 0.154. The average molecular weight is 387 g/mol. The van der Waals surface area contributed by atoms with E-state index in [-0.39, 0.29) is 22.0 Å². The summed E-state index contributed by atoms with van der Waals surface area (Å²) in [6, 6.07) is 1.17. The molecule has 26 heavy (non-hydrogen) atoms. The molecule has 10 heteroatoms. The zero-order valence-corrected chi connectivity index (χ0v) is 13.7. The van der Waals surface area contributed by atoms with Crippen molar-refractivity contribution in [2.75, 3.05) is 5.32 Å². The van der Waals surface area contributed by atoms with Crippen molar-refractivity contribution in [2.24, 2.45) is 0 Å². The second-order valence-electron chi connectivity index (χ2n) is 5.58. The predicted molar refractivity (Wildman–Crippen MR) is 84.0 cm³/mol. The van der Waals surface area contributed by atoms with Crippen molar-refractivity contribution < 1.29 is 32.7 Å². The number of nitrogens with one attached hydrogen (secondary N) is 1. The molecule has 6 nitrogen and oxygen atoms in total. The van der Waals surface area contributed by atoms with Crippen molar-refractivity contribution in [3.63, 3.8) is 0 Å². The summed E-state index contributed by atoms with van der Waals surface area (Å²) in [5.41, 5.74) is -0.487. The van der Waals surface area contributed by atoms with Crippen LogP contribution in [0.5, 0.6) is 0 Å². The molecule has 1 aliphatic heterocycles. The molecule has 2 heterocycles. The first-order valence-corrected chi connectivity index (χ1v) is 7.74. The van der Waals surface area contributed by atoms with E-state index in [9.17, 15) is 27.6 Å². The molecule has 0 bridgehead atoms. The van der Waals surface area contributed by atoms with Gasteiger partial charge in [-0.25, -0.2) is 18.0 Å². The Balaban J connectivity index is 2.02. The second kappa shape index (κ2) is 6.49. The fourth-order valence-corrected chi connectivity index (χ4v) is 3.30. The van der Waals surface area contributed by atoms with Crippen molar-refractivity contribution in [1.82, 2.24) is 4.57 Å². The van der Waals surface area contributed by atoms with Crippen LogP contribution in [0.2, 0.25) is 5.02 Å². The molecule has 0 atom stereocenters. The molecule has 0 spiro atoms. The van der Waals surface area contributed by atoms with Crippen LogP contribution >= 0.6 is 11.6 Å². The van der Waals surface area contributed by atoms with Gasteiger partial charge in [-0.15, -0.1) is 0 Å². The van der Waals surface area contributed by atoms with Crippen molar-refractivity contribution in [3.8, 4) is 0 Å². The highest BCUT2D eigenvalue weighted by molar-refractivity contribution is 6.46. The highest BCUT2D eigenvalue weighted by Gasteiger charge is 2.34. The third-order valence-corrected chi connectivity index (χ3v) is 4.35. The number of nitrogens with zero attached hydrogens (tertiary/aromatic N) is 1. The lowest BCUT2D eigenvalue weighted by atomic mass is 10.1. The Hall–Kier alpha value is -2.81. The zero-order chi connectivity index (χ0) is 19.2. The van der Waals surface area contributed by atoms with Gasteiger partial charge in [0.25, 0.3) is 11.7 Å². The number of carboxylic acid groups (broad SMARTS) is 1. The van der Waals surface area contributed by atoms with Crippen LogP contribution in [0, 0.1) is 17.5 Å². The molecule has 1 aromatic heterocycles. The van der Waals surface area contributed by atoms with Crippen LogP contribution in [0.15, 0.2) is 12.1 Å². The molecule has 3 rings (SSSR count). The third kappa shape index (κ3) is 2.84. The Morgan fingerprint density at radius 1 is 1.15 bits per heavy atom. The number of Topliss-reactive ketones (excluding diaryl/α,β-unsaturated/α-hetero) is 1. The Labute approximate surface area is 149 Å². The summed E-state index contributed by atoms with van der Waals surface area (Å²) in [5, 5.41) is 10.7. The van der Waals surface area contributed by atoms with E-state index >= 15 is 0 Å². The summed E-state index contributed by atoms with van der Waals surface area (Å²) in [7, 11) is 0. The fraction of sp³-hybridized carbons (Fsp3) is 0.188. The SMILES string of the molecule is O=C(O)C(=O)c1c(Cl)c(C(=O)Nc2cc(F)c(F)c(F)c2)c2n1CCC2. The van der Waals surface area contributed by atoms with Gasteiger partial charge in [0, 0.05) is 30.1 Å². The fourth-order valence-electron chi connectivity index (χ4n) is 2.92. The molecule has 1 amide bonds. The molecule has 0 radical (unpaired) electrons. The van der Waals surface area contributed by atoms with Crippen LogP contribution in [-0.4, -0.2) is 27.3 Å². The first kappa shape index (κ1) is 18.0. The number of amides is 1. The quantitative estimate of drug-likeness (QED) is 0.480. The Morgan fingerprint density at radius 2 is 1.77 bits per heavy atom. The third-order valence-electron chi connectivity index (χ3n) is 3.99. The molecule has 2 aromatic rings. The molecule has 2 N–H and O–H groups in total. The topological polar surface area (TPSA) is 88.4 Å². The van der Waals surface area contributed by atoms with E-state index in [0.29, 0.717) is 37.2 Å². The van der Waals surface area contributed by atoms with Crippen LogP contribution in [-0.2, 0) is 17.8 Å². The number of carboxylic acids is 1. The second-order valence-corrected chi connectivity index (χ2v) is 5.96. The van der Waals surface area contributed by atoms with E-state index in [0.717, 1.165) is 0 Å². The smallest absolute Gasteiger partial charge is 0.378 e. The Bertz CT molecular complexity index is 948. The summed E-state index contributed by atoms with van der Waals surface area (Å²) < 4.78 is 40.9. The van der Waals surface area contributed by atoms with Gasteiger partial charge in [-0.2, -0.15) is 0 Å². The lowest BCUT2D eigenvalue weighted by molar-refractivity contribution is -0.131. The van der Waals surface area contributed by atoms with Crippen molar-refractivity contribution in [2.45, 2.75) is 19.4 Å². The molecule has 1 aliphatic rings. The van der Waals surface area contributed by atoms with E-state index < -0.39 is 35.1 Å². The van der Waals surface area contributed by atoms with Crippen LogP contribution in [0.1, 0.15) is 33.0 Å². The number of ketones is 1. The number of aromatic nitrogens is 1. The van der Waals surface area contributed by atoms with Crippen LogP contribution < -0.4 is 5.32 Å². The van der Waals surface area contributed by atoms with Crippen molar-refractivity contribution in [3.05, 3.63) is 51.6 Å². The minimum atomic E-state index is -1.73. The lowest BCUT2D eigenvalue weighted by Crippen LogP contribution is -2.17. The predicted octanol–water partition coefficient (Wildman–Crippen LogP) is 3.02. The van der Waals surface area contributed by atoms with Gasteiger partial charge < -0.3 is 15.0 Å². The number of carbonyl (C=O) groups is 3. The van der Waals surface area contributed by atoms with E-state index in [1.54, 1.807) is 0 Å². The molecular formula is C16H10ClF3N2O4. The van der Waals surface area contributed by atoms with Crippen molar-refractivity contribution >= 4 is 34.9 Å². The van der Waals surface area contributed by atoms with Crippen LogP contribution in [0.3, 0.4) is 0 Å². The summed E-state index contributed by atoms with van der Waals surface area (Å²) in [6.45, 7) is 0.302. The molecule has 136 valence electrons. The van der Waals surface area contributed by atoms with Gasteiger partial charge >= 0.3 is 5.97 Å². The number of halogens is 4. The van der Waals surface area contributed by atoms with Gasteiger partial charge in [0.05, 0.1) is 10.6 Å². The summed E-state index contributed by atoms with van der Waals surface area (Å²) in [5.74, 6) is -8.55. The number of rotatable bonds is 4. The minimum Gasteiger partial charge on any atom is -0.475 e. The van der Waals surface area contributed by atoms with Gasteiger partial charge in [-0.05, 0) is 12.8 Å². The highest BCUT2D eigenvalue weighted by Crippen LogP contribution is 2.34. The number of carbonyl (C=O) groups excluding carboxylic acids is 2. The molecule has 0 unspecified atom stereocenters. The Morgan fingerprint density at radius 3 is 2.35 bits per heavy atom. The van der Waals surface area contributed by atoms with Gasteiger partial charge in [-0.3, -0.25) is 9.59 Å². The molecule has 0 aliphatic carbocycles. The maximum atomic E-state index is 13.3. The summed E-state index contributed by atoms with van der Waals surface area (Å²) in [6.07, 6.45) is 0.925. The molecule has 0 saturated heterocycles. The van der Waals surface area contributed by atoms with Gasteiger partial charge in [0.2, 0.25) is 0 Å². The number of benzene rings is 1. The highest BCUT2D eigenvalue weighted by atomic mass is 35.5. The molecular weight excluding hydrogens is 377 g/mol. The molecule has 0 fully saturated rings. The van der Waals surface area contributed by atoms with E-state index in [1.165, 1.54) is 4.57 Å². The van der Waals surface area contributed by atoms with Crippen molar-refractivity contribution in [1.29, 1.82) is 0 Å². The van der Waals surface area contributed by atoms with E-state index in [4.69, 9.17) is 16.7 Å². The number of hydrogen-bond donors (Lipinski definition) is 2. The number of anilines is 1. The summed E-state index contributed by atoms with van der Waals surface area (Å²) >= 11 is 6.06. The largest absolute Gasteiger partial charge is 0.475 e. The van der Waals surface area contributed by atoms with Crippen LogP contribution in [0.4, 0.5) is 18.9 Å².